The van der Waals surface area contributed by atoms with Gasteiger partial charge < -0.3 is 5.32 Å². The van der Waals surface area contributed by atoms with Crippen molar-refractivity contribution in [2.45, 2.75) is 12.8 Å². The van der Waals surface area contributed by atoms with Crippen LogP contribution in [0.4, 0.5) is 5.69 Å². The van der Waals surface area contributed by atoms with Crippen LogP contribution in [0.1, 0.15) is 12.8 Å². The summed E-state index contributed by atoms with van der Waals surface area (Å²) in [6.07, 6.45) is 0.730. The standard InChI is InChI=1S/C12H14N2O2/c15-11-6-7-12(16)14(11)9-8-13-10-4-2-1-3-5-10/h1-5,13H,6-9H2. The molecule has 0 aromatic heterocycles. The lowest BCUT2D eigenvalue weighted by atomic mass is 10.3. The second-order valence-corrected chi connectivity index (χ2v) is 3.73. The SMILES string of the molecule is O=C1CCC(=O)N1CCNc1ccccc1. The van der Waals surface area contributed by atoms with Crippen molar-refractivity contribution in [1.29, 1.82) is 0 Å². The molecule has 0 saturated carbocycles. The van der Waals surface area contributed by atoms with Crippen LogP contribution in [0.3, 0.4) is 0 Å². The van der Waals surface area contributed by atoms with Crippen molar-refractivity contribution in [3.8, 4) is 0 Å². The molecular weight excluding hydrogens is 204 g/mol. The summed E-state index contributed by atoms with van der Waals surface area (Å²) in [5, 5.41) is 3.17. The Morgan fingerprint density at radius 2 is 1.69 bits per heavy atom. The number of anilines is 1. The highest BCUT2D eigenvalue weighted by Crippen LogP contribution is 2.11. The fourth-order valence-electron chi connectivity index (χ4n) is 1.74. The Bertz CT molecular complexity index is 373. The zero-order chi connectivity index (χ0) is 11.4. The summed E-state index contributed by atoms with van der Waals surface area (Å²) in [6.45, 7) is 1.05. The molecule has 4 heteroatoms. The number of likely N-dealkylation sites (tertiary alicyclic amines) is 1. The third kappa shape index (κ3) is 2.39. The first-order chi connectivity index (χ1) is 7.77. The second kappa shape index (κ2) is 4.79. The molecule has 0 bridgehead atoms. The molecule has 1 saturated heterocycles. The highest BCUT2D eigenvalue weighted by molar-refractivity contribution is 6.01. The van der Waals surface area contributed by atoms with Gasteiger partial charge in [0.1, 0.15) is 0 Å². The molecule has 1 aliphatic heterocycles. The summed E-state index contributed by atoms with van der Waals surface area (Å²) in [6, 6.07) is 9.73. The molecule has 1 heterocycles. The average Bonchev–Trinajstić information content (AvgIpc) is 2.62. The van der Waals surface area contributed by atoms with Crippen LogP contribution in [0.2, 0.25) is 0 Å². The zero-order valence-corrected chi connectivity index (χ0v) is 8.98. The minimum atomic E-state index is -0.0557. The molecule has 2 amide bonds. The smallest absolute Gasteiger partial charge is 0.229 e. The number of hydrogen-bond acceptors (Lipinski definition) is 3. The molecule has 16 heavy (non-hydrogen) atoms. The van der Waals surface area contributed by atoms with Crippen molar-refractivity contribution in [2.75, 3.05) is 18.4 Å². The highest BCUT2D eigenvalue weighted by atomic mass is 16.2. The third-order valence-corrected chi connectivity index (χ3v) is 2.59. The molecule has 2 rings (SSSR count). The Morgan fingerprint density at radius 3 is 2.31 bits per heavy atom. The largest absolute Gasteiger partial charge is 0.383 e. The zero-order valence-electron chi connectivity index (χ0n) is 8.98. The Kier molecular flexibility index (Phi) is 3.19. The summed E-state index contributed by atoms with van der Waals surface area (Å²) in [5.74, 6) is -0.111. The van der Waals surface area contributed by atoms with E-state index in [1.807, 2.05) is 30.3 Å². The fourth-order valence-corrected chi connectivity index (χ4v) is 1.74. The van der Waals surface area contributed by atoms with Crippen molar-refractivity contribution in [2.24, 2.45) is 0 Å². The average molecular weight is 218 g/mol. The number of nitrogens with zero attached hydrogens (tertiary/aromatic N) is 1. The van der Waals surface area contributed by atoms with Crippen molar-refractivity contribution in [3.05, 3.63) is 30.3 Å². The van der Waals surface area contributed by atoms with Gasteiger partial charge in [0.25, 0.3) is 0 Å². The normalized spacial score (nSPS) is 15.6. The van der Waals surface area contributed by atoms with Crippen LogP contribution in [0, 0.1) is 0 Å². The minimum Gasteiger partial charge on any atom is -0.383 e. The number of carbonyl (C=O) groups excluding carboxylic acids is 2. The van der Waals surface area contributed by atoms with Gasteiger partial charge in [0.2, 0.25) is 11.8 Å². The number of hydrogen-bond donors (Lipinski definition) is 1. The van der Waals surface area contributed by atoms with Crippen LogP contribution in [0.5, 0.6) is 0 Å². The molecule has 1 fully saturated rings. The monoisotopic (exact) mass is 218 g/mol. The molecule has 0 radical (unpaired) electrons. The Balaban J connectivity index is 1.80. The van der Waals surface area contributed by atoms with Gasteiger partial charge in [-0.15, -0.1) is 0 Å². The van der Waals surface area contributed by atoms with E-state index in [2.05, 4.69) is 5.32 Å². The maximum atomic E-state index is 11.3. The summed E-state index contributed by atoms with van der Waals surface area (Å²) in [5.41, 5.74) is 1.00. The van der Waals surface area contributed by atoms with Gasteiger partial charge in [-0.1, -0.05) is 18.2 Å². The molecule has 0 unspecified atom stereocenters. The first-order valence-corrected chi connectivity index (χ1v) is 5.39. The van der Waals surface area contributed by atoms with Crippen molar-refractivity contribution in [1.82, 2.24) is 4.90 Å². The van der Waals surface area contributed by atoms with E-state index in [4.69, 9.17) is 0 Å². The van der Waals surface area contributed by atoms with Gasteiger partial charge in [-0.2, -0.15) is 0 Å². The summed E-state index contributed by atoms with van der Waals surface area (Å²) in [7, 11) is 0. The predicted molar refractivity (Wildman–Crippen MR) is 60.9 cm³/mol. The van der Waals surface area contributed by atoms with E-state index in [1.165, 1.54) is 4.90 Å². The molecule has 0 spiro atoms. The second-order valence-electron chi connectivity index (χ2n) is 3.73. The van der Waals surface area contributed by atoms with Crippen LogP contribution in [0.25, 0.3) is 0 Å². The van der Waals surface area contributed by atoms with Crippen molar-refractivity contribution >= 4 is 17.5 Å². The number of para-hydroxylation sites is 1. The predicted octanol–water partition coefficient (Wildman–Crippen LogP) is 1.25. The fraction of sp³-hybridized carbons (Fsp3) is 0.333. The van der Waals surface area contributed by atoms with Gasteiger partial charge in [0, 0.05) is 31.6 Å². The number of imide groups is 1. The Hall–Kier alpha value is -1.84. The molecule has 0 atom stereocenters. The number of carbonyl (C=O) groups is 2. The maximum absolute atomic E-state index is 11.3. The topological polar surface area (TPSA) is 49.4 Å². The lowest BCUT2D eigenvalue weighted by Crippen LogP contribution is -2.33. The van der Waals surface area contributed by atoms with Crippen LogP contribution >= 0.6 is 0 Å². The number of benzene rings is 1. The lowest BCUT2D eigenvalue weighted by Gasteiger charge is -2.14. The van der Waals surface area contributed by atoms with Gasteiger partial charge in [-0.25, -0.2) is 0 Å². The number of nitrogens with one attached hydrogen (secondary N) is 1. The number of amides is 2. The quantitative estimate of drug-likeness (QED) is 0.774. The third-order valence-electron chi connectivity index (χ3n) is 2.59. The van der Waals surface area contributed by atoms with E-state index >= 15 is 0 Å². The van der Waals surface area contributed by atoms with Crippen LogP contribution in [-0.4, -0.2) is 29.8 Å². The Labute approximate surface area is 94.2 Å². The van der Waals surface area contributed by atoms with E-state index < -0.39 is 0 Å². The Morgan fingerprint density at radius 1 is 1.06 bits per heavy atom. The summed E-state index contributed by atoms with van der Waals surface area (Å²) >= 11 is 0. The van der Waals surface area contributed by atoms with E-state index in [9.17, 15) is 9.59 Å². The molecule has 1 aliphatic rings. The molecule has 1 aromatic rings. The van der Waals surface area contributed by atoms with Crippen molar-refractivity contribution < 1.29 is 9.59 Å². The van der Waals surface area contributed by atoms with E-state index in [-0.39, 0.29) is 11.8 Å². The summed E-state index contributed by atoms with van der Waals surface area (Å²) < 4.78 is 0. The molecule has 0 aliphatic carbocycles. The van der Waals surface area contributed by atoms with Gasteiger partial charge in [-0.05, 0) is 12.1 Å². The first kappa shape index (κ1) is 10.7. The highest BCUT2D eigenvalue weighted by Gasteiger charge is 2.27. The minimum absolute atomic E-state index is 0.0557. The molecule has 1 aromatic carbocycles. The van der Waals surface area contributed by atoms with Crippen molar-refractivity contribution in [3.63, 3.8) is 0 Å². The van der Waals surface area contributed by atoms with Gasteiger partial charge >= 0.3 is 0 Å². The van der Waals surface area contributed by atoms with Gasteiger partial charge in [0.15, 0.2) is 0 Å². The van der Waals surface area contributed by atoms with Crippen LogP contribution < -0.4 is 5.32 Å². The maximum Gasteiger partial charge on any atom is 0.229 e. The molecule has 84 valence electrons. The van der Waals surface area contributed by atoms with E-state index in [0.717, 1.165) is 5.69 Å². The summed E-state index contributed by atoms with van der Waals surface area (Å²) in [4.78, 5) is 23.9. The van der Waals surface area contributed by atoms with Gasteiger partial charge in [-0.3, -0.25) is 14.5 Å². The van der Waals surface area contributed by atoms with Gasteiger partial charge in [0.05, 0.1) is 0 Å². The molecule has 4 nitrogen and oxygen atoms in total. The number of rotatable bonds is 4. The molecular formula is C12H14N2O2. The lowest BCUT2D eigenvalue weighted by molar-refractivity contribution is -0.138. The van der Waals surface area contributed by atoms with Crippen LogP contribution in [0.15, 0.2) is 30.3 Å². The van der Waals surface area contributed by atoms with E-state index in [1.54, 1.807) is 0 Å². The molecule has 1 N–H and O–H groups in total. The van der Waals surface area contributed by atoms with Crippen LogP contribution in [-0.2, 0) is 9.59 Å². The van der Waals surface area contributed by atoms with E-state index in [0.29, 0.717) is 25.9 Å². The first-order valence-electron chi connectivity index (χ1n) is 5.39.